The third-order valence-electron chi connectivity index (χ3n) is 14.5. The molecule has 13 aromatic rings. The highest BCUT2D eigenvalue weighted by atomic mass is 28.3. The molecular weight excluding hydrogens is 877 g/mol. The fourth-order valence-electron chi connectivity index (χ4n) is 10.7. The number of rotatable bonds is 9. The van der Waals surface area contributed by atoms with Crippen molar-refractivity contribution in [3.8, 4) is 67.4 Å². The van der Waals surface area contributed by atoms with Gasteiger partial charge in [-0.3, -0.25) is 4.57 Å². The van der Waals surface area contributed by atoms with Crippen molar-refractivity contribution in [1.82, 2.24) is 19.1 Å². The lowest BCUT2D eigenvalue weighted by Gasteiger charge is -2.24. The van der Waals surface area contributed by atoms with Crippen molar-refractivity contribution in [1.29, 1.82) is 0 Å². The van der Waals surface area contributed by atoms with E-state index in [0.29, 0.717) is 5.95 Å². The molecule has 13 rings (SSSR count). The van der Waals surface area contributed by atoms with Gasteiger partial charge < -0.3 is 4.57 Å². The average molecular weight is 925 g/mol. The van der Waals surface area contributed by atoms with Gasteiger partial charge in [-0.2, -0.15) is 0 Å². The first-order valence-corrected chi connectivity index (χ1v) is 27.4. The van der Waals surface area contributed by atoms with Crippen molar-refractivity contribution in [2.75, 3.05) is 0 Å². The van der Waals surface area contributed by atoms with Gasteiger partial charge >= 0.3 is 0 Å². The van der Waals surface area contributed by atoms with Gasteiger partial charge in [-0.25, -0.2) is 9.97 Å². The SMILES string of the molecule is C[Si](C)(c1ccccc1)c1ccc(-c2cccc(-c3ccnc(-n4c5ccccc5c5cc(-c6ccc7c8ccccc8n(-c8cc(-c9ccccc9)cc(-c9ccccc9)c8)c7c6)ccc54)n3)c2)cc1. The van der Waals surface area contributed by atoms with Crippen LogP contribution in [-0.4, -0.2) is 27.2 Å². The van der Waals surface area contributed by atoms with Gasteiger partial charge in [0.2, 0.25) is 5.95 Å². The largest absolute Gasteiger partial charge is 0.309 e. The summed E-state index contributed by atoms with van der Waals surface area (Å²) in [7, 11) is -1.81. The Morgan fingerprint density at radius 2 is 0.789 bits per heavy atom. The minimum atomic E-state index is -1.81. The summed E-state index contributed by atoms with van der Waals surface area (Å²) in [6.07, 6.45) is 1.89. The van der Waals surface area contributed by atoms with Crippen LogP contribution in [0.1, 0.15) is 0 Å². The van der Waals surface area contributed by atoms with E-state index < -0.39 is 8.07 Å². The quantitative estimate of drug-likeness (QED) is 0.135. The molecule has 0 atom stereocenters. The minimum Gasteiger partial charge on any atom is -0.309 e. The molecule has 4 nitrogen and oxygen atoms in total. The number of nitrogens with zero attached hydrogens (tertiary/aromatic N) is 4. The normalized spacial score (nSPS) is 11.8. The molecule has 0 bridgehead atoms. The van der Waals surface area contributed by atoms with Crippen LogP contribution in [-0.2, 0) is 0 Å². The number of benzene rings is 10. The number of hydrogen-bond donors (Lipinski definition) is 0. The van der Waals surface area contributed by atoms with Crippen LogP contribution >= 0.6 is 0 Å². The lowest BCUT2D eigenvalue weighted by atomic mass is 9.98. The first kappa shape index (κ1) is 42.2. The Labute approximate surface area is 414 Å². The molecule has 71 heavy (non-hydrogen) atoms. The summed E-state index contributed by atoms with van der Waals surface area (Å²) < 4.78 is 4.66. The summed E-state index contributed by atoms with van der Waals surface area (Å²) in [6.45, 7) is 4.85. The predicted octanol–water partition coefficient (Wildman–Crippen LogP) is 15.8. The third kappa shape index (κ3) is 7.46. The van der Waals surface area contributed by atoms with Gasteiger partial charge in [-0.05, 0) is 105 Å². The Morgan fingerprint density at radius 1 is 0.310 bits per heavy atom. The zero-order valence-corrected chi connectivity index (χ0v) is 40.5. The molecule has 0 aliphatic rings. The summed E-state index contributed by atoms with van der Waals surface area (Å²) >= 11 is 0. The van der Waals surface area contributed by atoms with Crippen LogP contribution in [0.3, 0.4) is 0 Å². The maximum absolute atomic E-state index is 5.28. The van der Waals surface area contributed by atoms with Crippen molar-refractivity contribution < 1.29 is 0 Å². The van der Waals surface area contributed by atoms with Crippen LogP contribution in [0.5, 0.6) is 0 Å². The lowest BCUT2D eigenvalue weighted by molar-refractivity contribution is 0.992. The third-order valence-corrected chi connectivity index (χ3v) is 18.1. The maximum atomic E-state index is 5.28. The highest BCUT2D eigenvalue weighted by Crippen LogP contribution is 2.40. The first-order chi connectivity index (χ1) is 34.9. The van der Waals surface area contributed by atoms with E-state index in [1.807, 2.05) is 12.3 Å². The summed E-state index contributed by atoms with van der Waals surface area (Å²) in [5.74, 6) is 0.642. The molecule has 0 amide bonds. The summed E-state index contributed by atoms with van der Waals surface area (Å²) in [5, 5.41) is 7.62. The number of hydrogen-bond acceptors (Lipinski definition) is 2. The average Bonchev–Trinajstić information content (AvgIpc) is 3.96. The molecule has 0 aliphatic heterocycles. The van der Waals surface area contributed by atoms with Crippen molar-refractivity contribution in [2.24, 2.45) is 0 Å². The highest BCUT2D eigenvalue weighted by molar-refractivity contribution is 7.00. The van der Waals surface area contributed by atoms with Crippen LogP contribution in [0.25, 0.3) is 111 Å². The van der Waals surface area contributed by atoms with E-state index in [1.165, 1.54) is 54.5 Å². The smallest absolute Gasteiger partial charge is 0.235 e. The highest BCUT2D eigenvalue weighted by Gasteiger charge is 2.26. The van der Waals surface area contributed by atoms with Crippen molar-refractivity contribution >= 4 is 62.1 Å². The number of aromatic nitrogens is 4. The van der Waals surface area contributed by atoms with Gasteiger partial charge in [0.25, 0.3) is 0 Å². The first-order valence-electron chi connectivity index (χ1n) is 24.4. The van der Waals surface area contributed by atoms with E-state index in [1.54, 1.807) is 0 Å². The molecule has 0 saturated heterocycles. The molecule has 0 radical (unpaired) electrons. The van der Waals surface area contributed by atoms with Crippen LogP contribution in [0.2, 0.25) is 13.1 Å². The van der Waals surface area contributed by atoms with E-state index in [0.717, 1.165) is 61.0 Å². The van der Waals surface area contributed by atoms with Gasteiger partial charge in [0.15, 0.2) is 0 Å². The standard InChI is InChI=1S/C66H48N4Si/c1-71(2,55-23-10-5-11-24-55)56-33-29-47(30-34-56)48-21-16-22-51(39-48)61-37-38-67-66(68-61)70-63-28-15-13-26-58(63)60-43-49(32-36-64(60)70)50-31-35-59-57-25-12-14-27-62(57)69(65(59)44-50)54-41-52(45-17-6-3-7-18-45)40-53(42-54)46-19-8-4-9-20-46/h3-44H,1-2H3. The summed E-state index contributed by atoms with van der Waals surface area (Å²) in [6, 6.07) is 90.4. The Hall–Kier alpha value is -8.90. The molecule has 3 aromatic heterocycles. The maximum Gasteiger partial charge on any atom is 0.235 e. The predicted molar refractivity (Wildman–Crippen MR) is 301 cm³/mol. The van der Waals surface area contributed by atoms with Crippen LogP contribution < -0.4 is 10.4 Å². The Morgan fingerprint density at radius 3 is 1.49 bits per heavy atom. The van der Waals surface area contributed by atoms with Gasteiger partial charge in [0.1, 0.15) is 8.07 Å². The Bertz CT molecular complexity index is 4060. The Kier molecular flexibility index (Phi) is 10.3. The molecule has 5 heteroatoms. The van der Waals surface area contributed by atoms with Crippen molar-refractivity contribution in [3.63, 3.8) is 0 Å². The molecule has 3 heterocycles. The van der Waals surface area contributed by atoms with Crippen molar-refractivity contribution in [2.45, 2.75) is 13.1 Å². The van der Waals surface area contributed by atoms with E-state index >= 15 is 0 Å². The second-order valence-electron chi connectivity index (χ2n) is 19.1. The van der Waals surface area contributed by atoms with Crippen molar-refractivity contribution in [3.05, 3.63) is 255 Å². The van der Waals surface area contributed by atoms with E-state index in [9.17, 15) is 0 Å². The van der Waals surface area contributed by atoms with Gasteiger partial charge in [0.05, 0.1) is 27.8 Å². The zero-order chi connectivity index (χ0) is 47.5. The fourth-order valence-corrected chi connectivity index (χ4v) is 13.1. The van der Waals surface area contributed by atoms with Crippen LogP contribution in [0, 0.1) is 0 Å². The second kappa shape index (κ2) is 17.3. The number of fused-ring (bicyclic) bond motifs is 6. The molecule has 336 valence electrons. The zero-order valence-electron chi connectivity index (χ0n) is 39.5. The fraction of sp³-hybridized carbons (Fsp3) is 0.0303. The molecule has 0 N–H and O–H groups in total. The van der Waals surface area contributed by atoms with Gasteiger partial charge in [-0.15, -0.1) is 0 Å². The van der Waals surface area contributed by atoms with Gasteiger partial charge in [0, 0.05) is 39.0 Å². The summed E-state index contributed by atoms with van der Waals surface area (Å²) in [5.41, 5.74) is 16.9. The molecule has 0 saturated carbocycles. The molecular formula is C66H48N4Si. The minimum absolute atomic E-state index is 0.642. The molecule has 10 aromatic carbocycles. The monoisotopic (exact) mass is 924 g/mol. The molecule has 0 spiro atoms. The molecule has 0 fully saturated rings. The topological polar surface area (TPSA) is 35.6 Å². The second-order valence-corrected chi connectivity index (χ2v) is 23.5. The van der Waals surface area contributed by atoms with E-state index in [2.05, 4.69) is 265 Å². The van der Waals surface area contributed by atoms with Crippen LogP contribution in [0.15, 0.2) is 255 Å². The number of para-hydroxylation sites is 2. The van der Waals surface area contributed by atoms with Crippen LogP contribution in [0.4, 0.5) is 0 Å². The lowest BCUT2D eigenvalue weighted by Crippen LogP contribution is -2.52. The van der Waals surface area contributed by atoms with Gasteiger partial charge in [-0.1, -0.05) is 212 Å². The van der Waals surface area contributed by atoms with E-state index in [4.69, 9.17) is 9.97 Å². The Balaban J connectivity index is 0.888. The molecule has 0 unspecified atom stereocenters. The summed E-state index contributed by atoms with van der Waals surface area (Å²) in [4.78, 5) is 10.2. The molecule has 0 aliphatic carbocycles. The van der Waals surface area contributed by atoms with E-state index in [-0.39, 0.29) is 0 Å².